The Morgan fingerprint density at radius 3 is 2.53 bits per heavy atom. The number of anilines is 1. The zero-order chi connectivity index (χ0) is 33.8. The second-order valence-corrected chi connectivity index (χ2v) is 12.5. The lowest BCUT2D eigenvalue weighted by Gasteiger charge is -2.18. The summed E-state index contributed by atoms with van der Waals surface area (Å²) in [7, 11) is 0. The third kappa shape index (κ3) is 9.81. The van der Waals surface area contributed by atoms with Gasteiger partial charge in [-0.05, 0) is 106 Å². The maximum atomic E-state index is 13.2. The summed E-state index contributed by atoms with van der Waals surface area (Å²) in [5.74, 6) is 1.04. The Bertz CT molecular complexity index is 1550. The van der Waals surface area contributed by atoms with Crippen molar-refractivity contribution < 1.29 is 33.3 Å². The molecule has 3 aromatic rings. The molecule has 2 unspecified atom stereocenters. The van der Waals surface area contributed by atoms with Crippen molar-refractivity contribution in [3.05, 3.63) is 69.6 Å². The molecule has 47 heavy (non-hydrogen) atoms. The molecule has 2 N–H and O–H groups in total. The molecule has 10 nitrogen and oxygen atoms in total. The van der Waals surface area contributed by atoms with E-state index >= 15 is 0 Å². The Morgan fingerprint density at radius 2 is 1.81 bits per heavy atom. The van der Waals surface area contributed by atoms with Crippen LogP contribution in [-0.2, 0) is 22.4 Å². The molecule has 0 radical (unpaired) electrons. The fraction of sp³-hybridized carbons (Fsp3) is 0.444. The van der Waals surface area contributed by atoms with Gasteiger partial charge in [-0.3, -0.25) is 9.59 Å². The van der Waals surface area contributed by atoms with Gasteiger partial charge in [0.2, 0.25) is 0 Å². The van der Waals surface area contributed by atoms with E-state index in [4.69, 9.17) is 18.9 Å². The van der Waals surface area contributed by atoms with Gasteiger partial charge in [-0.1, -0.05) is 26.7 Å². The molecular formula is C36H45N3O7S. The van der Waals surface area contributed by atoms with Gasteiger partial charge in [-0.15, -0.1) is 11.3 Å². The standard InChI is InChI=1S/C36H45N3O7S/c1-6-9-10-19-45-29-18-12-25(21-30(29)43-7-2)22-37-39-33(40)24(5)46-27-15-13-26(14-16-27)34(41)38-35-32(36(42)44-8-3)28-17-11-23(4)20-31(28)47-35/h12-16,18,21-24H,6-11,17,19-20H2,1-5H3,(H,38,41)(H,39,40)/b37-22+. The number of unbranched alkanes of at least 4 members (excludes halogenated alkanes) is 2. The van der Waals surface area contributed by atoms with Gasteiger partial charge in [0.05, 0.1) is 31.6 Å². The SMILES string of the molecule is CCCCCOc1ccc(/C=N/NC(=O)C(C)Oc2ccc(C(=O)Nc3sc4c(c3C(=O)OCC)CCC(C)C4)cc2)cc1OCC. The van der Waals surface area contributed by atoms with Crippen LogP contribution >= 0.6 is 11.3 Å². The highest BCUT2D eigenvalue weighted by Gasteiger charge is 2.29. The van der Waals surface area contributed by atoms with Crippen molar-refractivity contribution in [1.82, 2.24) is 5.43 Å². The molecule has 1 aromatic heterocycles. The topological polar surface area (TPSA) is 125 Å². The smallest absolute Gasteiger partial charge is 0.341 e. The fourth-order valence-corrected chi connectivity index (χ4v) is 6.56. The average molecular weight is 664 g/mol. The lowest BCUT2D eigenvalue weighted by atomic mass is 9.88. The number of nitrogens with one attached hydrogen (secondary N) is 2. The molecule has 1 aliphatic rings. The zero-order valence-electron chi connectivity index (χ0n) is 27.9. The number of esters is 1. The monoisotopic (exact) mass is 663 g/mol. The van der Waals surface area contributed by atoms with E-state index in [1.54, 1.807) is 38.1 Å². The summed E-state index contributed by atoms with van der Waals surface area (Å²) in [6, 6.07) is 12.0. The maximum Gasteiger partial charge on any atom is 0.341 e. The van der Waals surface area contributed by atoms with Crippen LogP contribution in [0, 0.1) is 5.92 Å². The number of nitrogens with zero attached hydrogens (tertiary/aromatic N) is 1. The maximum absolute atomic E-state index is 13.2. The van der Waals surface area contributed by atoms with Gasteiger partial charge in [0.15, 0.2) is 17.6 Å². The summed E-state index contributed by atoms with van der Waals surface area (Å²) in [6.45, 7) is 11.0. The van der Waals surface area contributed by atoms with Crippen LogP contribution < -0.4 is 25.0 Å². The summed E-state index contributed by atoms with van der Waals surface area (Å²) >= 11 is 1.44. The van der Waals surface area contributed by atoms with Gasteiger partial charge < -0.3 is 24.3 Å². The van der Waals surface area contributed by atoms with E-state index in [2.05, 4.69) is 29.7 Å². The number of rotatable bonds is 16. The number of hydrogen-bond acceptors (Lipinski definition) is 9. The Morgan fingerprint density at radius 1 is 1.02 bits per heavy atom. The van der Waals surface area contributed by atoms with Crippen LogP contribution in [0.3, 0.4) is 0 Å². The van der Waals surface area contributed by atoms with Gasteiger partial charge in [0.1, 0.15) is 10.8 Å². The first kappa shape index (κ1) is 35.5. The minimum atomic E-state index is -0.850. The van der Waals surface area contributed by atoms with Crippen molar-refractivity contribution in [2.45, 2.75) is 79.2 Å². The Kier molecular flexibility index (Phi) is 13.2. The molecule has 252 valence electrons. The Labute approximate surface area is 280 Å². The van der Waals surface area contributed by atoms with Crippen molar-refractivity contribution in [1.29, 1.82) is 0 Å². The molecular weight excluding hydrogens is 618 g/mol. The third-order valence-electron chi connectivity index (χ3n) is 7.68. The van der Waals surface area contributed by atoms with Crippen LogP contribution in [0.25, 0.3) is 0 Å². The molecule has 0 saturated carbocycles. The van der Waals surface area contributed by atoms with Gasteiger partial charge >= 0.3 is 5.97 Å². The van der Waals surface area contributed by atoms with Gasteiger partial charge in [-0.25, -0.2) is 10.2 Å². The second-order valence-electron chi connectivity index (χ2n) is 11.4. The minimum Gasteiger partial charge on any atom is -0.490 e. The van der Waals surface area contributed by atoms with Crippen LogP contribution in [0.5, 0.6) is 17.2 Å². The van der Waals surface area contributed by atoms with Gasteiger partial charge in [0.25, 0.3) is 11.8 Å². The summed E-state index contributed by atoms with van der Waals surface area (Å²) < 4.78 is 22.7. The molecule has 0 aliphatic heterocycles. The number of fused-ring (bicyclic) bond motifs is 1. The summed E-state index contributed by atoms with van der Waals surface area (Å²) in [6.07, 6.45) is 6.54. The highest BCUT2D eigenvalue weighted by Crippen LogP contribution is 2.40. The van der Waals surface area contributed by atoms with Crippen LogP contribution in [0.4, 0.5) is 5.00 Å². The lowest BCUT2D eigenvalue weighted by Crippen LogP contribution is -2.33. The van der Waals surface area contributed by atoms with E-state index in [0.29, 0.717) is 52.5 Å². The fourth-order valence-electron chi connectivity index (χ4n) is 5.16. The molecule has 11 heteroatoms. The zero-order valence-corrected chi connectivity index (χ0v) is 28.7. The predicted molar refractivity (Wildman–Crippen MR) is 184 cm³/mol. The number of thiophene rings is 1. The van der Waals surface area contributed by atoms with Crippen molar-refractivity contribution in [2.24, 2.45) is 11.0 Å². The lowest BCUT2D eigenvalue weighted by molar-refractivity contribution is -0.127. The van der Waals surface area contributed by atoms with Crippen molar-refractivity contribution >= 4 is 40.3 Å². The van der Waals surface area contributed by atoms with Crippen LogP contribution in [0.2, 0.25) is 0 Å². The first-order valence-corrected chi connectivity index (χ1v) is 17.2. The molecule has 0 saturated heterocycles. The molecule has 1 heterocycles. The van der Waals surface area contributed by atoms with E-state index in [0.717, 1.165) is 54.5 Å². The predicted octanol–water partition coefficient (Wildman–Crippen LogP) is 7.19. The van der Waals surface area contributed by atoms with E-state index in [1.807, 2.05) is 25.1 Å². The molecule has 1 aliphatic carbocycles. The normalized spacial score (nSPS) is 14.6. The Hall–Kier alpha value is -4.38. The number of benzene rings is 2. The number of hydrazone groups is 1. The molecule has 4 rings (SSSR count). The van der Waals surface area contributed by atoms with Gasteiger partial charge in [-0.2, -0.15) is 5.10 Å². The molecule has 0 spiro atoms. The van der Waals surface area contributed by atoms with Crippen LogP contribution in [0.15, 0.2) is 47.6 Å². The number of carbonyl (C=O) groups excluding carboxylic acids is 3. The molecule has 2 aromatic carbocycles. The van der Waals surface area contributed by atoms with Crippen molar-refractivity contribution in [3.63, 3.8) is 0 Å². The highest BCUT2D eigenvalue weighted by atomic mass is 32.1. The first-order chi connectivity index (χ1) is 22.7. The van der Waals surface area contributed by atoms with Crippen LogP contribution in [-0.4, -0.2) is 49.9 Å². The van der Waals surface area contributed by atoms with E-state index < -0.39 is 18.0 Å². The number of ether oxygens (including phenoxy) is 4. The quantitative estimate of drug-likeness (QED) is 0.0720. The van der Waals surface area contributed by atoms with E-state index in [1.165, 1.54) is 17.6 Å². The van der Waals surface area contributed by atoms with Crippen LogP contribution in [0.1, 0.15) is 97.0 Å². The van der Waals surface area contributed by atoms with E-state index in [-0.39, 0.29) is 12.5 Å². The summed E-state index contributed by atoms with van der Waals surface area (Å²) in [5, 5.41) is 7.51. The third-order valence-corrected chi connectivity index (χ3v) is 8.85. The summed E-state index contributed by atoms with van der Waals surface area (Å²) in [5.41, 5.74) is 5.08. The average Bonchev–Trinajstić information content (AvgIpc) is 3.41. The largest absolute Gasteiger partial charge is 0.490 e. The molecule has 0 fully saturated rings. The minimum absolute atomic E-state index is 0.260. The van der Waals surface area contributed by atoms with Crippen molar-refractivity contribution in [2.75, 3.05) is 25.1 Å². The summed E-state index contributed by atoms with van der Waals surface area (Å²) in [4.78, 5) is 39.7. The highest BCUT2D eigenvalue weighted by molar-refractivity contribution is 7.17. The number of amides is 2. The molecule has 2 atom stereocenters. The molecule has 2 amide bonds. The second kappa shape index (κ2) is 17.5. The Balaban J connectivity index is 1.32. The van der Waals surface area contributed by atoms with E-state index in [9.17, 15) is 14.4 Å². The van der Waals surface area contributed by atoms with Gasteiger partial charge in [0, 0.05) is 10.4 Å². The number of carbonyl (C=O) groups is 3. The first-order valence-electron chi connectivity index (χ1n) is 16.4. The van der Waals surface area contributed by atoms with Crippen molar-refractivity contribution in [3.8, 4) is 17.2 Å². The molecule has 0 bridgehead atoms. The number of hydrogen-bond donors (Lipinski definition) is 2.